The number of anilines is 1. The minimum Gasteiger partial charge on any atom is -0.330 e. The lowest BCUT2D eigenvalue weighted by molar-refractivity contribution is -0.136. The first-order valence-corrected chi connectivity index (χ1v) is 10.9. The third-order valence-corrected chi connectivity index (χ3v) is 6.15. The number of benzene rings is 1. The molecule has 1 atom stereocenters. The molecule has 3 aromatic rings. The highest BCUT2D eigenvalue weighted by Crippen LogP contribution is 2.29. The Kier molecular flexibility index (Phi) is 4.96. The second-order valence-electron chi connectivity index (χ2n) is 8.68. The summed E-state index contributed by atoms with van der Waals surface area (Å²) in [6, 6.07) is 8.41. The van der Waals surface area contributed by atoms with Gasteiger partial charge in [-0.1, -0.05) is 0 Å². The van der Waals surface area contributed by atoms with Crippen molar-refractivity contribution in [2.75, 3.05) is 5.32 Å². The van der Waals surface area contributed by atoms with Crippen LogP contribution in [0, 0.1) is 0 Å². The number of imide groups is 1. The Bertz CT molecular complexity index is 1330. The molecule has 2 N–H and O–H groups in total. The lowest BCUT2D eigenvalue weighted by Crippen LogP contribution is -2.52. The van der Waals surface area contributed by atoms with Gasteiger partial charge in [0.25, 0.3) is 11.8 Å². The topological polar surface area (TPSA) is 113 Å². The average molecular weight is 445 g/mol. The van der Waals surface area contributed by atoms with E-state index in [0.717, 1.165) is 16.6 Å². The van der Waals surface area contributed by atoms with Crippen molar-refractivity contribution in [1.29, 1.82) is 0 Å². The maximum Gasteiger partial charge on any atom is 0.257 e. The summed E-state index contributed by atoms with van der Waals surface area (Å²) in [6.07, 6.45) is 4.02. The number of hydrogen-bond donors (Lipinski definition) is 2. The Labute approximate surface area is 189 Å². The molecular formula is C24H23N5O4. The van der Waals surface area contributed by atoms with Crippen LogP contribution in [0.3, 0.4) is 0 Å². The summed E-state index contributed by atoms with van der Waals surface area (Å²) in [6.45, 7) is 4.39. The van der Waals surface area contributed by atoms with Gasteiger partial charge in [0.05, 0.1) is 5.56 Å². The fourth-order valence-corrected chi connectivity index (χ4v) is 4.44. The molecule has 33 heavy (non-hydrogen) atoms. The van der Waals surface area contributed by atoms with Gasteiger partial charge in [-0.25, -0.2) is 4.98 Å². The molecule has 1 aromatic carbocycles. The van der Waals surface area contributed by atoms with Crippen molar-refractivity contribution in [3.8, 4) is 0 Å². The number of carbonyl (C=O) groups is 4. The molecule has 2 aliphatic rings. The Balaban J connectivity index is 1.33. The van der Waals surface area contributed by atoms with E-state index in [4.69, 9.17) is 0 Å². The van der Waals surface area contributed by atoms with Gasteiger partial charge in [0.2, 0.25) is 11.8 Å². The number of rotatable bonds is 4. The first-order chi connectivity index (χ1) is 15.8. The lowest BCUT2D eigenvalue weighted by atomic mass is 10.0. The summed E-state index contributed by atoms with van der Waals surface area (Å²) in [5.41, 5.74) is 3.04. The average Bonchev–Trinajstić information content (AvgIpc) is 3.34. The predicted octanol–water partition coefficient (Wildman–Crippen LogP) is 2.63. The summed E-state index contributed by atoms with van der Waals surface area (Å²) in [5, 5.41) is 6.04. The molecule has 0 aliphatic carbocycles. The predicted molar refractivity (Wildman–Crippen MR) is 121 cm³/mol. The molecule has 168 valence electrons. The molecule has 4 heterocycles. The van der Waals surface area contributed by atoms with E-state index in [2.05, 4.69) is 29.5 Å². The summed E-state index contributed by atoms with van der Waals surface area (Å²) in [5.74, 6) is -1.32. The second-order valence-corrected chi connectivity index (χ2v) is 8.68. The zero-order chi connectivity index (χ0) is 23.3. The third kappa shape index (κ3) is 3.65. The van der Waals surface area contributed by atoms with E-state index >= 15 is 0 Å². The standard InChI is InChI=1S/C24H23N5O4/c1-13(2)28-8-7-14-9-15(11-25-21(14)28)22(31)26-17-3-4-18-16(10-17)12-29(24(18)33)19-5-6-20(30)27-23(19)32/h3-4,7-11,13,19H,5-6,12H2,1-2H3,(H,26,31)(H,27,30,32). The van der Waals surface area contributed by atoms with Crippen LogP contribution in [0.15, 0.2) is 42.7 Å². The molecule has 2 aromatic heterocycles. The minimum atomic E-state index is -0.670. The van der Waals surface area contributed by atoms with Gasteiger partial charge in [-0.2, -0.15) is 0 Å². The van der Waals surface area contributed by atoms with E-state index < -0.39 is 11.9 Å². The minimum absolute atomic E-state index is 0.205. The number of fused-ring (bicyclic) bond motifs is 2. The number of hydrogen-bond acceptors (Lipinski definition) is 5. The molecule has 5 rings (SSSR count). The van der Waals surface area contributed by atoms with E-state index in [1.54, 1.807) is 30.5 Å². The maximum atomic E-state index is 12.8. The van der Waals surface area contributed by atoms with Crippen molar-refractivity contribution in [3.63, 3.8) is 0 Å². The number of aromatic nitrogens is 2. The van der Waals surface area contributed by atoms with Crippen molar-refractivity contribution >= 4 is 40.3 Å². The molecule has 9 heteroatoms. The Hall–Kier alpha value is -4.01. The summed E-state index contributed by atoms with van der Waals surface area (Å²) >= 11 is 0. The van der Waals surface area contributed by atoms with Gasteiger partial charge in [-0.3, -0.25) is 24.5 Å². The summed E-state index contributed by atoms with van der Waals surface area (Å²) in [4.78, 5) is 55.2. The van der Waals surface area contributed by atoms with Crippen LogP contribution in [0.1, 0.15) is 59.0 Å². The second kappa shape index (κ2) is 7.84. The fourth-order valence-electron chi connectivity index (χ4n) is 4.44. The van der Waals surface area contributed by atoms with Crippen LogP contribution >= 0.6 is 0 Å². The SMILES string of the molecule is CC(C)n1ccc2cc(C(=O)Nc3ccc4c(c3)CN(C3CCC(=O)NC3=O)C4=O)cnc21. The highest BCUT2D eigenvalue weighted by atomic mass is 16.2. The first-order valence-electron chi connectivity index (χ1n) is 10.9. The van der Waals surface area contributed by atoms with Crippen molar-refractivity contribution in [2.45, 2.75) is 45.3 Å². The molecule has 0 bridgehead atoms. The van der Waals surface area contributed by atoms with Crippen LogP contribution < -0.4 is 10.6 Å². The first kappa shape index (κ1) is 20.9. The van der Waals surface area contributed by atoms with Crippen LogP contribution in [0.5, 0.6) is 0 Å². The number of piperidine rings is 1. The summed E-state index contributed by atoms with van der Waals surface area (Å²) in [7, 11) is 0. The van der Waals surface area contributed by atoms with Gasteiger partial charge >= 0.3 is 0 Å². The largest absolute Gasteiger partial charge is 0.330 e. The van der Waals surface area contributed by atoms with Gasteiger partial charge in [-0.15, -0.1) is 0 Å². The Morgan fingerprint density at radius 3 is 2.76 bits per heavy atom. The van der Waals surface area contributed by atoms with E-state index in [1.165, 1.54) is 4.90 Å². The zero-order valence-electron chi connectivity index (χ0n) is 18.3. The van der Waals surface area contributed by atoms with Crippen LogP contribution in [0.4, 0.5) is 5.69 Å². The maximum absolute atomic E-state index is 12.8. The van der Waals surface area contributed by atoms with Crippen LogP contribution in [0.25, 0.3) is 11.0 Å². The van der Waals surface area contributed by atoms with Crippen LogP contribution in [0.2, 0.25) is 0 Å². The Morgan fingerprint density at radius 1 is 1.18 bits per heavy atom. The van der Waals surface area contributed by atoms with E-state index in [-0.39, 0.29) is 36.7 Å². The van der Waals surface area contributed by atoms with Crippen molar-refractivity contribution in [3.05, 3.63) is 59.4 Å². The Morgan fingerprint density at radius 2 is 2.00 bits per heavy atom. The van der Waals surface area contributed by atoms with Gasteiger partial charge in [0, 0.05) is 48.0 Å². The monoisotopic (exact) mass is 445 g/mol. The lowest BCUT2D eigenvalue weighted by Gasteiger charge is -2.29. The normalized spacial score (nSPS) is 18.1. The smallest absolute Gasteiger partial charge is 0.257 e. The molecule has 1 fully saturated rings. The molecule has 1 unspecified atom stereocenters. The molecular weight excluding hydrogens is 422 g/mol. The van der Waals surface area contributed by atoms with Crippen LogP contribution in [-0.2, 0) is 16.1 Å². The van der Waals surface area contributed by atoms with Crippen molar-refractivity contribution < 1.29 is 19.2 Å². The highest BCUT2D eigenvalue weighted by Gasteiger charge is 2.39. The quantitative estimate of drug-likeness (QED) is 0.600. The van der Waals surface area contributed by atoms with Gasteiger partial charge in [-0.05, 0) is 56.2 Å². The molecule has 0 saturated carbocycles. The zero-order valence-corrected chi connectivity index (χ0v) is 18.3. The highest BCUT2D eigenvalue weighted by molar-refractivity contribution is 6.07. The van der Waals surface area contributed by atoms with E-state index in [9.17, 15) is 19.2 Å². The van der Waals surface area contributed by atoms with Crippen molar-refractivity contribution in [2.24, 2.45) is 0 Å². The molecule has 4 amide bonds. The summed E-state index contributed by atoms with van der Waals surface area (Å²) < 4.78 is 2.04. The number of pyridine rings is 1. The molecule has 0 spiro atoms. The van der Waals surface area contributed by atoms with Gasteiger partial charge in [0.15, 0.2) is 0 Å². The molecule has 1 saturated heterocycles. The molecule has 0 radical (unpaired) electrons. The number of carbonyl (C=O) groups excluding carboxylic acids is 4. The van der Waals surface area contributed by atoms with E-state index in [1.807, 2.05) is 16.8 Å². The molecule has 9 nitrogen and oxygen atoms in total. The van der Waals surface area contributed by atoms with Crippen molar-refractivity contribution in [1.82, 2.24) is 19.8 Å². The third-order valence-electron chi connectivity index (χ3n) is 6.15. The number of nitrogens with zero attached hydrogens (tertiary/aromatic N) is 3. The number of amides is 4. The number of nitrogens with one attached hydrogen (secondary N) is 2. The van der Waals surface area contributed by atoms with Crippen LogP contribution in [-0.4, -0.2) is 44.1 Å². The van der Waals surface area contributed by atoms with Gasteiger partial charge < -0.3 is 14.8 Å². The molecule has 2 aliphatic heterocycles. The fraction of sp³-hybridized carbons (Fsp3) is 0.292. The van der Waals surface area contributed by atoms with Gasteiger partial charge in [0.1, 0.15) is 11.7 Å². The van der Waals surface area contributed by atoms with E-state index in [0.29, 0.717) is 23.2 Å².